The quantitative estimate of drug-likeness (QED) is 0.400. The third kappa shape index (κ3) is 3.85. The Morgan fingerprint density at radius 1 is 0.880 bits per heavy atom. The van der Waals surface area contributed by atoms with E-state index in [1.54, 1.807) is 30.3 Å². The molecule has 2 aromatic carbocycles. The van der Waals surface area contributed by atoms with E-state index in [1.165, 1.54) is 36.0 Å². The number of alkyl halides is 3. The van der Waals surface area contributed by atoms with Gasteiger partial charge in [-0.3, -0.25) is 0 Å². The number of thioether (sulfide) groups is 1. The van der Waals surface area contributed by atoms with Crippen molar-refractivity contribution in [3.63, 3.8) is 0 Å². The second-order valence-corrected chi connectivity index (χ2v) is 6.21. The van der Waals surface area contributed by atoms with E-state index in [-0.39, 0.29) is 17.1 Å². The Balaban J connectivity index is 2.18. The molecule has 0 spiro atoms. The molecule has 0 unspecified atom stereocenters. The predicted octanol–water partition coefficient (Wildman–Crippen LogP) is 6.30. The van der Waals surface area contributed by atoms with E-state index >= 15 is 0 Å². The highest BCUT2D eigenvalue weighted by Crippen LogP contribution is 2.38. The molecule has 25 heavy (non-hydrogen) atoms. The summed E-state index contributed by atoms with van der Waals surface area (Å²) in [6.45, 7) is 0. The first-order valence-corrected chi connectivity index (χ1v) is 8.59. The van der Waals surface area contributed by atoms with Crippen LogP contribution in [0.4, 0.5) is 17.6 Å². The van der Waals surface area contributed by atoms with E-state index < -0.39 is 11.7 Å². The Labute approximate surface area is 146 Å². The van der Waals surface area contributed by atoms with Crippen LogP contribution in [0.25, 0.3) is 22.5 Å². The first-order valence-electron chi connectivity index (χ1n) is 7.37. The van der Waals surface area contributed by atoms with Gasteiger partial charge in [0.15, 0.2) is 0 Å². The molecule has 0 fully saturated rings. The van der Waals surface area contributed by atoms with Gasteiger partial charge < -0.3 is 0 Å². The largest absolute Gasteiger partial charge is 0.417 e. The fourth-order valence-electron chi connectivity index (χ4n) is 2.48. The van der Waals surface area contributed by atoms with Gasteiger partial charge in [-0.25, -0.2) is 9.37 Å². The van der Waals surface area contributed by atoms with Gasteiger partial charge in [-0.1, -0.05) is 18.2 Å². The summed E-state index contributed by atoms with van der Waals surface area (Å²) in [5.41, 5.74) is 0.668. The Hall–Kier alpha value is -2.34. The average molecular weight is 363 g/mol. The van der Waals surface area contributed by atoms with Crippen molar-refractivity contribution in [3.05, 3.63) is 72.0 Å². The van der Waals surface area contributed by atoms with Crippen LogP contribution in [0.3, 0.4) is 0 Å². The molecule has 0 saturated carbocycles. The normalized spacial score (nSPS) is 11.6. The van der Waals surface area contributed by atoms with Crippen LogP contribution in [-0.2, 0) is 6.18 Å². The lowest BCUT2D eigenvalue weighted by Gasteiger charge is -2.14. The highest BCUT2D eigenvalue weighted by molar-refractivity contribution is 7.98. The monoisotopic (exact) mass is 363 g/mol. The van der Waals surface area contributed by atoms with Gasteiger partial charge in [-0.05, 0) is 48.7 Å². The fourth-order valence-corrected chi connectivity index (χ4v) is 2.94. The number of benzene rings is 2. The summed E-state index contributed by atoms with van der Waals surface area (Å²) in [6.07, 6.45) is -2.63. The molecule has 0 atom stereocenters. The zero-order chi connectivity index (χ0) is 18.0. The van der Waals surface area contributed by atoms with Crippen molar-refractivity contribution in [3.8, 4) is 22.5 Å². The number of hydrogen-bond acceptors (Lipinski definition) is 2. The molecule has 1 heterocycles. The molecule has 0 N–H and O–H groups in total. The van der Waals surface area contributed by atoms with E-state index in [4.69, 9.17) is 0 Å². The molecule has 0 saturated heterocycles. The minimum absolute atomic E-state index is 0.0225. The number of nitrogens with zero attached hydrogens (tertiary/aromatic N) is 1. The van der Waals surface area contributed by atoms with Gasteiger partial charge in [-0.15, -0.1) is 11.8 Å². The van der Waals surface area contributed by atoms with Crippen LogP contribution in [0.1, 0.15) is 5.56 Å². The summed E-state index contributed by atoms with van der Waals surface area (Å²) >= 11 is 1.41. The van der Waals surface area contributed by atoms with Gasteiger partial charge in [0.05, 0.1) is 17.0 Å². The first-order chi connectivity index (χ1) is 11.9. The third-order valence-corrected chi connectivity index (χ3v) is 4.39. The van der Waals surface area contributed by atoms with E-state index in [0.717, 1.165) is 11.0 Å². The molecule has 3 aromatic rings. The number of halogens is 4. The second kappa shape index (κ2) is 6.88. The Morgan fingerprint density at radius 3 is 2.16 bits per heavy atom. The molecule has 1 aromatic heterocycles. The Bertz CT molecular complexity index is 889. The zero-order valence-corrected chi connectivity index (χ0v) is 14.0. The van der Waals surface area contributed by atoms with Gasteiger partial charge in [-0.2, -0.15) is 13.2 Å². The van der Waals surface area contributed by atoms with Crippen molar-refractivity contribution in [2.75, 3.05) is 6.26 Å². The zero-order valence-electron chi connectivity index (χ0n) is 13.1. The Kier molecular flexibility index (Phi) is 4.81. The highest BCUT2D eigenvalue weighted by Gasteiger charge is 2.33. The summed E-state index contributed by atoms with van der Waals surface area (Å²) < 4.78 is 53.1. The van der Waals surface area contributed by atoms with Crippen molar-refractivity contribution in [2.24, 2.45) is 0 Å². The lowest BCUT2D eigenvalue weighted by atomic mass is 10.0. The third-order valence-electron chi connectivity index (χ3n) is 3.68. The average Bonchev–Trinajstić information content (AvgIpc) is 2.61. The van der Waals surface area contributed by atoms with Crippen LogP contribution in [0.2, 0.25) is 0 Å². The van der Waals surface area contributed by atoms with Crippen molar-refractivity contribution < 1.29 is 17.6 Å². The van der Waals surface area contributed by atoms with Crippen molar-refractivity contribution in [2.45, 2.75) is 11.1 Å². The van der Waals surface area contributed by atoms with Gasteiger partial charge in [0.2, 0.25) is 0 Å². The number of hydrogen-bond donors (Lipinski definition) is 0. The maximum Gasteiger partial charge on any atom is 0.417 e. The van der Waals surface area contributed by atoms with Gasteiger partial charge in [0, 0.05) is 16.0 Å². The van der Waals surface area contributed by atoms with Crippen LogP contribution < -0.4 is 0 Å². The SMILES string of the molecule is CSc1cc(-c2ccc(F)cc2)nc(-c2ccccc2C(F)(F)F)c1. The molecule has 0 bridgehead atoms. The van der Waals surface area contributed by atoms with Gasteiger partial charge >= 0.3 is 6.18 Å². The molecular weight excluding hydrogens is 350 g/mol. The van der Waals surface area contributed by atoms with Crippen LogP contribution >= 0.6 is 11.8 Å². The maximum atomic E-state index is 13.3. The minimum Gasteiger partial charge on any atom is -0.248 e. The predicted molar refractivity (Wildman–Crippen MR) is 91.9 cm³/mol. The van der Waals surface area contributed by atoms with Crippen molar-refractivity contribution in [1.82, 2.24) is 4.98 Å². The number of pyridine rings is 1. The summed E-state index contributed by atoms with van der Waals surface area (Å²) in [7, 11) is 0. The lowest BCUT2D eigenvalue weighted by Crippen LogP contribution is -2.07. The van der Waals surface area contributed by atoms with Crippen molar-refractivity contribution in [1.29, 1.82) is 0 Å². The highest BCUT2D eigenvalue weighted by atomic mass is 32.2. The van der Waals surface area contributed by atoms with Crippen LogP contribution in [0.15, 0.2) is 65.6 Å². The van der Waals surface area contributed by atoms with Crippen LogP contribution in [-0.4, -0.2) is 11.2 Å². The summed E-state index contributed by atoms with van der Waals surface area (Å²) in [5, 5.41) is 0. The lowest BCUT2D eigenvalue weighted by molar-refractivity contribution is -0.137. The number of aromatic nitrogens is 1. The fraction of sp³-hybridized carbons (Fsp3) is 0.105. The summed E-state index contributed by atoms with van der Waals surface area (Å²) in [6, 6.07) is 14.5. The molecule has 6 heteroatoms. The Morgan fingerprint density at radius 2 is 1.52 bits per heavy atom. The van der Waals surface area contributed by atoms with E-state index in [0.29, 0.717) is 11.3 Å². The number of rotatable bonds is 3. The van der Waals surface area contributed by atoms with Crippen molar-refractivity contribution >= 4 is 11.8 Å². The molecule has 0 radical (unpaired) electrons. The maximum absolute atomic E-state index is 13.3. The van der Waals surface area contributed by atoms with E-state index in [1.807, 2.05) is 6.26 Å². The van der Waals surface area contributed by atoms with E-state index in [9.17, 15) is 17.6 Å². The molecular formula is C19H13F4NS. The summed E-state index contributed by atoms with van der Waals surface area (Å²) in [5.74, 6) is -0.382. The molecule has 0 aliphatic heterocycles. The topological polar surface area (TPSA) is 12.9 Å². The van der Waals surface area contributed by atoms with Crippen LogP contribution in [0, 0.1) is 5.82 Å². The first kappa shape index (κ1) is 17.5. The molecule has 3 rings (SSSR count). The molecule has 128 valence electrons. The smallest absolute Gasteiger partial charge is 0.248 e. The van der Waals surface area contributed by atoms with E-state index in [2.05, 4.69) is 4.98 Å². The van der Waals surface area contributed by atoms with Crippen LogP contribution in [0.5, 0.6) is 0 Å². The molecule has 1 nitrogen and oxygen atoms in total. The summed E-state index contributed by atoms with van der Waals surface area (Å²) in [4.78, 5) is 5.17. The molecule has 0 aliphatic rings. The van der Waals surface area contributed by atoms with Gasteiger partial charge in [0.1, 0.15) is 5.82 Å². The molecule has 0 aliphatic carbocycles. The molecule has 0 amide bonds. The standard InChI is InChI=1S/C19H13F4NS/c1-25-14-10-17(12-6-8-13(20)9-7-12)24-18(11-14)15-4-2-3-5-16(15)19(21,22)23/h2-11H,1H3. The second-order valence-electron chi connectivity index (χ2n) is 5.33. The van der Waals surface area contributed by atoms with Gasteiger partial charge in [0.25, 0.3) is 0 Å². The minimum atomic E-state index is -4.47.